The quantitative estimate of drug-likeness (QED) is 0.560. The molecule has 1 aromatic carbocycles. The molecular formula is C25H37N5O2. The Labute approximate surface area is 192 Å². The van der Waals surface area contributed by atoms with Crippen LogP contribution >= 0.6 is 0 Å². The molecule has 2 aromatic rings. The van der Waals surface area contributed by atoms with Gasteiger partial charge >= 0.3 is 0 Å². The van der Waals surface area contributed by atoms with Gasteiger partial charge in [0.05, 0.1) is 6.61 Å². The Morgan fingerprint density at radius 1 is 1.19 bits per heavy atom. The van der Waals surface area contributed by atoms with Gasteiger partial charge in [0.1, 0.15) is 11.6 Å². The van der Waals surface area contributed by atoms with Crippen molar-refractivity contribution in [2.24, 2.45) is 0 Å². The Bertz CT molecular complexity index is 898. The molecule has 1 N–H and O–H groups in total. The molecule has 1 atom stereocenters. The predicted octanol–water partition coefficient (Wildman–Crippen LogP) is 4.39. The molecule has 0 spiro atoms. The van der Waals surface area contributed by atoms with Crippen molar-refractivity contribution in [2.45, 2.75) is 66.0 Å². The fourth-order valence-corrected chi connectivity index (χ4v) is 4.08. The molecule has 0 radical (unpaired) electrons. The van der Waals surface area contributed by atoms with Gasteiger partial charge in [-0.2, -0.15) is 4.98 Å². The summed E-state index contributed by atoms with van der Waals surface area (Å²) in [5, 5.41) is 3.24. The van der Waals surface area contributed by atoms with Gasteiger partial charge in [-0.05, 0) is 83.1 Å². The Balaban J connectivity index is 1.86. The Hall–Kier alpha value is -2.67. The van der Waals surface area contributed by atoms with Crippen molar-refractivity contribution in [1.82, 2.24) is 14.9 Å². The van der Waals surface area contributed by atoms with Crippen LogP contribution in [0.3, 0.4) is 0 Å². The molecular weight excluding hydrogens is 402 g/mol. The van der Waals surface area contributed by atoms with E-state index in [1.807, 2.05) is 43.0 Å². The van der Waals surface area contributed by atoms with Crippen molar-refractivity contribution >= 4 is 17.7 Å². The van der Waals surface area contributed by atoms with Gasteiger partial charge in [0.2, 0.25) is 5.95 Å². The molecule has 0 bridgehead atoms. The highest BCUT2D eigenvalue weighted by atomic mass is 16.5. The first kappa shape index (κ1) is 24.0. The van der Waals surface area contributed by atoms with E-state index in [0.29, 0.717) is 23.9 Å². The highest BCUT2D eigenvalue weighted by Crippen LogP contribution is 2.28. The van der Waals surface area contributed by atoms with Crippen molar-refractivity contribution in [1.29, 1.82) is 0 Å². The number of nitrogens with zero attached hydrogens (tertiary/aromatic N) is 4. The lowest BCUT2D eigenvalue weighted by Crippen LogP contribution is -2.40. The van der Waals surface area contributed by atoms with E-state index in [-0.39, 0.29) is 18.0 Å². The number of hydrogen-bond donors (Lipinski definition) is 1. The van der Waals surface area contributed by atoms with Crippen LogP contribution in [0.1, 0.15) is 63.4 Å². The second-order valence-electron chi connectivity index (χ2n) is 8.65. The number of rotatable bonds is 11. The molecule has 1 aliphatic rings. The molecule has 1 amide bonds. The third-order valence-electron chi connectivity index (χ3n) is 5.89. The van der Waals surface area contributed by atoms with E-state index < -0.39 is 0 Å². The molecule has 7 heteroatoms. The third-order valence-corrected chi connectivity index (χ3v) is 5.89. The van der Waals surface area contributed by atoms with Crippen LogP contribution in [-0.2, 0) is 6.42 Å². The summed E-state index contributed by atoms with van der Waals surface area (Å²) in [6.45, 7) is 14.3. The van der Waals surface area contributed by atoms with E-state index in [1.54, 1.807) is 6.20 Å². The third kappa shape index (κ3) is 5.97. The predicted molar refractivity (Wildman–Crippen MR) is 130 cm³/mol. The smallest absolute Gasteiger partial charge is 0.259 e. The van der Waals surface area contributed by atoms with Crippen LogP contribution in [0.2, 0.25) is 0 Å². The number of carbonyl (C=O) groups excluding carboxylic acids is 1. The molecule has 0 aliphatic carbocycles. The van der Waals surface area contributed by atoms with Gasteiger partial charge in [-0.15, -0.1) is 0 Å². The first-order chi connectivity index (χ1) is 15.4. The first-order valence-corrected chi connectivity index (χ1v) is 11.8. The molecule has 32 heavy (non-hydrogen) atoms. The number of amides is 1. The van der Waals surface area contributed by atoms with Crippen LogP contribution in [0.25, 0.3) is 0 Å². The highest BCUT2D eigenvalue weighted by molar-refractivity contribution is 6.06. The number of carbonyl (C=O) groups is 1. The molecule has 0 fully saturated rings. The van der Waals surface area contributed by atoms with Crippen molar-refractivity contribution in [2.75, 3.05) is 36.5 Å². The lowest BCUT2D eigenvalue weighted by molar-refractivity contribution is 0.0975. The first-order valence-electron chi connectivity index (χ1n) is 11.8. The van der Waals surface area contributed by atoms with Gasteiger partial charge < -0.3 is 15.0 Å². The maximum atomic E-state index is 13.7. The van der Waals surface area contributed by atoms with Crippen molar-refractivity contribution in [3.63, 3.8) is 0 Å². The van der Waals surface area contributed by atoms with Gasteiger partial charge in [-0.3, -0.25) is 9.69 Å². The summed E-state index contributed by atoms with van der Waals surface area (Å²) in [7, 11) is 0. The fraction of sp³-hybridized carbons (Fsp3) is 0.560. The lowest BCUT2D eigenvalue weighted by atomic mass is 10.1. The summed E-state index contributed by atoms with van der Waals surface area (Å²) in [6.07, 6.45) is 4.47. The fourth-order valence-electron chi connectivity index (χ4n) is 4.08. The van der Waals surface area contributed by atoms with Crippen LogP contribution in [-0.4, -0.2) is 59.1 Å². The summed E-state index contributed by atoms with van der Waals surface area (Å²) in [6, 6.07) is 7.76. The molecule has 3 rings (SSSR count). The monoisotopic (exact) mass is 439 g/mol. The van der Waals surface area contributed by atoms with E-state index >= 15 is 0 Å². The Morgan fingerprint density at radius 2 is 1.97 bits per heavy atom. The minimum absolute atomic E-state index is 0.00404. The van der Waals surface area contributed by atoms with Gasteiger partial charge in [-0.25, -0.2) is 4.98 Å². The molecule has 0 saturated carbocycles. The average Bonchev–Trinajstić information content (AvgIpc) is 3.24. The SMILES string of the molecule is CCN(CC)CCCC(C)N(C(=O)c1ccc2c(c1)CCO2)c1ccnc(NC(C)C)n1. The number of anilines is 2. The highest BCUT2D eigenvalue weighted by Gasteiger charge is 2.26. The van der Waals surface area contributed by atoms with Gasteiger partial charge in [-0.1, -0.05) is 13.8 Å². The number of nitrogens with one attached hydrogen (secondary N) is 1. The summed E-state index contributed by atoms with van der Waals surface area (Å²) >= 11 is 0. The van der Waals surface area contributed by atoms with Crippen LogP contribution in [0.5, 0.6) is 5.75 Å². The van der Waals surface area contributed by atoms with Crippen LogP contribution < -0.4 is 15.0 Å². The van der Waals surface area contributed by atoms with E-state index in [4.69, 9.17) is 4.74 Å². The Morgan fingerprint density at radius 3 is 2.69 bits per heavy atom. The van der Waals surface area contributed by atoms with Crippen LogP contribution in [0.4, 0.5) is 11.8 Å². The number of hydrogen-bond acceptors (Lipinski definition) is 6. The standard InChI is InChI=1S/C25H37N5O2/c1-6-29(7-2)15-8-9-19(5)30(23-12-14-26-25(28-23)27-18(3)4)24(31)21-10-11-22-20(17-21)13-16-32-22/h10-12,14,17-19H,6-9,13,15-16H2,1-5H3,(H,26,27,28). The van der Waals surface area contributed by atoms with Gasteiger partial charge in [0.25, 0.3) is 5.91 Å². The zero-order valence-corrected chi connectivity index (χ0v) is 20.1. The minimum atomic E-state index is -0.0377. The largest absolute Gasteiger partial charge is 0.493 e. The molecule has 7 nitrogen and oxygen atoms in total. The van der Waals surface area contributed by atoms with Gasteiger partial charge in [0, 0.05) is 30.3 Å². The minimum Gasteiger partial charge on any atom is -0.493 e. The summed E-state index contributed by atoms with van der Waals surface area (Å²) in [5.74, 6) is 2.00. The lowest BCUT2D eigenvalue weighted by Gasteiger charge is -2.29. The molecule has 174 valence electrons. The second-order valence-corrected chi connectivity index (χ2v) is 8.65. The number of fused-ring (bicyclic) bond motifs is 1. The van der Waals surface area contributed by atoms with Crippen LogP contribution in [0, 0.1) is 0 Å². The molecule has 1 aliphatic heterocycles. The maximum absolute atomic E-state index is 13.7. The normalized spacial score (nSPS) is 13.7. The topological polar surface area (TPSA) is 70.6 Å². The van der Waals surface area contributed by atoms with Crippen molar-refractivity contribution in [3.8, 4) is 5.75 Å². The van der Waals surface area contributed by atoms with Crippen molar-refractivity contribution < 1.29 is 9.53 Å². The summed E-state index contributed by atoms with van der Waals surface area (Å²) in [5.41, 5.74) is 1.76. The molecule has 2 heterocycles. The maximum Gasteiger partial charge on any atom is 0.259 e. The molecule has 0 saturated heterocycles. The zero-order chi connectivity index (χ0) is 23.1. The number of benzene rings is 1. The van der Waals surface area contributed by atoms with E-state index in [9.17, 15) is 4.79 Å². The number of aromatic nitrogens is 2. The van der Waals surface area contributed by atoms with E-state index in [1.165, 1.54) is 0 Å². The average molecular weight is 440 g/mol. The van der Waals surface area contributed by atoms with E-state index in [2.05, 4.69) is 41.0 Å². The molecule has 1 aromatic heterocycles. The van der Waals surface area contributed by atoms with Gasteiger partial charge in [0.15, 0.2) is 0 Å². The van der Waals surface area contributed by atoms with Crippen molar-refractivity contribution in [3.05, 3.63) is 41.6 Å². The Kier molecular flexibility index (Phi) is 8.45. The van der Waals surface area contributed by atoms with Crippen LogP contribution in [0.15, 0.2) is 30.5 Å². The summed E-state index contributed by atoms with van der Waals surface area (Å²) < 4.78 is 5.62. The molecule has 1 unspecified atom stereocenters. The second kappa shape index (κ2) is 11.3. The van der Waals surface area contributed by atoms with E-state index in [0.717, 1.165) is 50.2 Å². The number of ether oxygens (including phenoxy) is 1. The zero-order valence-electron chi connectivity index (χ0n) is 20.1. The summed E-state index contributed by atoms with van der Waals surface area (Å²) in [4.78, 5) is 27.0.